The van der Waals surface area contributed by atoms with Crippen molar-refractivity contribution < 1.29 is 0 Å². The maximum atomic E-state index is 7.76. The van der Waals surface area contributed by atoms with Crippen LogP contribution in [0.3, 0.4) is 0 Å². The summed E-state index contributed by atoms with van der Waals surface area (Å²) in [6.45, 7) is 8.79. The second-order valence-corrected chi connectivity index (χ2v) is 6.48. The van der Waals surface area contributed by atoms with E-state index >= 15 is 0 Å². The fourth-order valence-corrected chi connectivity index (χ4v) is 3.47. The largest absolute Gasteiger partial charge is 0.382 e. The van der Waals surface area contributed by atoms with Crippen molar-refractivity contribution in [3.8, 4) is 0 Å². The van der Waals surface area contributed by atoms with Gasteiger partial charge in [0.15, 0.2) is 0 Å². The predicted octanol–water partition coefficient (Wildman–Crippen LogP) is 4.97. The van der Waals surface area contributed by atoms with Gasteiger partial charge in [0.2, 0.25) is 0 Å². The van der Waals surface area contributed by atoms with Crippen molar-refractivity contribution in [3.63, 3.8) is 0 Å². The molecule has 2 rings (SSSR count). The van der Waals surface area contributed by atoms with Crippen LogP contribution in [0.5, 0.6) is 0 Å². The number of hydrogen-bond donors (Lipinski definition) is 2. The normalized spacial score (nSPS) is 15.0. The Hall–Kier alpha value is -1.51. The molecule has 1 aromatic carbocycles. The molecule has 0 saturated heterocycles. The van der Waals surface area contributed by atoms with E-state index in [1.54, 1.807) is 0 Å². The Morgan fingerprint density at radius 2 is 1.82 bits per heavy atom. The lowest BCUT2D eigenvalue weighted by Gasteiger charge is -2.26. The average Bonchev–Trinajstić information content (AvgIpc) is 3.00. The third-order valence-corrected chi connectivity index (χ3v) is 4.58. The van der Waals surface area contributed by atoms with Gasteiger partial charge in [0.25, 0.3) is 0 Å². The lowest BCUT2D eigenvalue weighted by Crippen LogP contribution is -2.25. The van der Waals surface area contributed by atoms with Crippen LogP contribution in [0.15, 0.2) is 12.1 Å². The summed E-state index contributed by atoms with van der Waals surface area (Å²) in [5, 5.41) is 11.5. The van der Waals surface area contributed by atoms with E-state index < -0.39 is 0 Å². The summed E-state index contributed by atoms with van der Waals surface area (Å²) < 4.78 is 0. The molecule has 122 valence electrons. The number of nitrogens with one attached hydrogen (secondary N) is 2. The van der Waals surface area contributed by atoms with Gasteiger partial charge in [-0.25, -0.2) is 0 Å². The predicted molar refractivity (Wildman–Crippen MR) is 97.7 cm³/mol. The first-order chi connectivity index (χ1) is 10.7. The fraction of sp³-hybridized carbons (Fsp3) is 0.632. The molecule has 0 aliphatic heterocycles. The molecule has 1 fully saturated rings. The number of aryl methyl sites for hydroxylation is 1. The van der Waals surface area contributed by atoms with Crippen LogP contribution < -0.4 is 10.2 Å². The molecule has 0 bridgehead atoms. The summed E-state index contributed by atoms with van der Waals surface area (Å²) in [6, 6.07) is 5.09. The number of nitrogens with zero attached hydrogens (tertiary/aromatic N) is 1. The maximum absolute atomic E-state index is 7.76. The molecule has 0 aromatic heterocycles. The van der Waals surface area contributed by atoms with Gasteiger partial charge in [-0.05, 0) is 50.3 Å². The zero-order chi connectivity index (χ0) is 15.9. The number of hydrogen-bond acceptors (Lipinski definition) is 3. The van der Waals surface area contributed by atoms with Gasteiger partial charge in [-0.2, -0.15) is 0 Å². The first-order valence-corrected chi connectivity index (χ1v) is 8.86. The minimum atomic E-state index is 0.583. The fourth-order valence-electron chi connectivity index (χ4n) is 3.47. The monoisotopic (exact) mass is 301 g/mol. The highest BCUT2D eigenvalue weighted by atomic mass is 15.1. The zero-order valence-corrected chi connectivity index (χ0v) is 14.4. The van der Waals surface area contributed by atoms with E-state index in [2.05, 4.69) is 43.1 Å². The summed E-state index contributed by atoms with van der Waals surface area (Å²) in [4.78, 5) is 2.47. The standard InChI is InChI=1S/C19H31N3/c1-4-10-22(11-5-2)17-12-15(3)18(14-20)19(13-17)21-16-8-6-7-9-16/h12-14,16,20-21H,4-11H2,1-3H3. The van der Waals surface area contributed by atoms with Crippen LogP contribution in [0.1, 0.15) is 63.5 Å². The van der Waals surface area contributed by atoms with E-state index in [1.807, 2.05) is 0 Å². The molecule has 2 N–H and O–H groups in total. The number of anilines is 2. The molecule has 0 amide bonds. The van der Waals surface area contributed by atoms with Gasteiger partial charge < -0.3 is 15.6 Å². The van der Waals surface area contributed by atoms with Crippen molar-refractivity contribution in [2.24, 2.45) is 0 Å². The number of rotatable bonds is 8. The highest BCUT2D eigenvalue weighted by molar-refractivity contribution is 5.89. The summed E-state index contributed by atoms with van der Waals surface area (Å²) >= 11 is 0. The zero-order valence-electron chi connectivity index (χ0n) is 14.4. The second kappa shape index (κ2) is 8.21. The van der Waals surface area contributed by atoms with Crippen molar-refractivity contribution >= 4 is 17.6 Å². The molecule has 1 aliphatic rings. The Labute approximate surface area is 135 Å². The van der Waals surface area contributed by atoms with Crippen LogP contribution in [0.2, 0.25) is 0 Å². The Balaban J connectivity index is 2.30. The average molecular weight is 301 g/mol. The van der Waals surface area contributed by atoms with E-state index in [-0.39, 0.29) is 0 Å². The van der Waals surface area contributed by atoms with Crippen molar-refractivity contribution in [1.29, 1.82) is 5.41 Å². The molecule has 22 heavy (non-hydrogen) atoms. The molecular weight excluding hydrogens is 270 g/mol. The highest BCUT2D eigenvalue weighted by Crippen LogP contribution is 2.30. The first-order valence-electron chi connectivity index (χ1n) is 8.86. The molecule has 1 aromatic rings. The van der Waals surface area contributed by atoms with Gasteiger partial charge in [0.1, 0.15) is 0 Å². The van der Waals surface area contributed by atoms with Crippen molar-refractivity contribution in [1.82, 2.24) is 0 Å². The van der Waals surface area contributed by atoms with Gasteiger partial charge in [0, 0.05) is 42.3 Å². The topological polar surface area (TPSA) is 39.1 Å². The summed E-state index contributed by atoms with van der Waals surface area (Å²) in [6.07, 6.45) is 9.00. The van der Waals surface area contributed by atoms with Crippen molar-refractivity contribution in [2.75, 3.05) is 23.3 Å². The van der Waals surface area contributed by atoms with Gasteiger partial charge >= 0.3 is 0 Å². The lowest BCUT2D eigenvalue weighted by atomic mass is 10.0. The molecule has 3 nitrogen and oxygen atoms in total. The minimum absolute atomic E-state index is 0.583. The van der Waals surface area contributed by atoms with E-state index in [0.717, 1.165) is 37.2 Å². The van der Waals surface area contributed by atoms with Gasteiger partial charge in [-0.15, -0.1) is 0 Å². The van der Waals surface area contributed by atoms with E-state index in [9.17, 15) is 0 Å². The smallest absolute Gasteiger partial charge is 0.0454 e. The van der Waals surface area contributed by atoms with Crippen LogP contribution in [0.25, 0.3) is 0 Å². The van der Waals surface area contributed by atoms with Crippen LogP contribution in [0.4, 0.5) is 11.4 Å². The lowest BCUT2D eigenvalue weighted by molar-refractivity contribution is 0.741. The van der Waals surface area contributed by atoms with Gasteiger partial charge in [0.05, 0.1) is 0 Å². The van der Waals surface area contributed by atoms with Crippen LogP contribution >= 0.6 is 0 Å². The number of benzene rings is 1. The molecule has 0 heterocycles. The quantitative estimate of drug-likeness (QED) is 0.665. The van der Waals surface area contributed by atoms with Crippen LogP contribution in [-0.2, 0) is 0 Å². The SMILES string of the molecule is CCCN(CCC)c1cc(C)c(C=N)c(NC2CCCC2)c1. The minimum Gasteiger partial charge on any atom is -0.382 e. The molecule has 0 atom stereocenters. The third-order valence-electron chi connectivity index (χ3n) is 4.58. The third kappa shape index (κ3) is 4.02. The summed E-state index contributed by atoms with van der Waals surface area (Å²) in [5.41, 5.74) is 4.69. The molecule has 1 saturated carbocycles. The highest BCUT2D eigenvalue weighted by Gasteiger charge is 2.17. The molecule has 0 spiro atoms. The van der Waals surface area contributed by atoms with Gasteiger partial charge in [-0.1, -0.05) is 26.7 Å². The Morgan fingerprint density at radius 3 is 2.36 bits per heavy atom. The second-order valence-electron chi connectivity index (χ2n) is 6.48. The van der Waals surface area contributed by atoms with Gasteiger partial charge in [-0.3, -0.25) is 0 Å². The van der Waals surface area contributed by atoms with E-state index in [0.29, 0.717) is 6.04 Å². The van der Waals surface area contributed by atoms with E-state index in [1.165, 1.54) is 43.1 Å². The summed E-state index contributed by atoms with van der Waals surface area (Å²) in [7, 11) is 0. The molecule has 1 aliphatic carbocycles. The first kappa shape index (κ1) is 16.9. The molecule has 3 heteroatoms. The Kier molecular flexibility index (Phi) is 6.29. The van der Waals surface area contributed by atoms with Crippen molar-refractivity contribution in [2.45, 2.75) is 65.3 Å². The Bertz CT molecular complexity index is 484. The Morgan fingerprint density at radius 1 is 1.18 bits per heavy atom. The van der Waals surface area contributed by atoms with Crippen LogP contribution in [-0.4, -0.2) is 25.3 Å². The maximum Gasteiger partial charge on any atom is 0.0454 e. The molecular formula is C19H31N3. The summed E-state index contributed by atoms with van der Waals surface area (Å²) in [5.74, 6) is 0. The molecule has 0 radical (unpaired) electrons. The molecule has 0 unspecified atom stereocenters. The van der Waals surface area contributed by atoms with E-state index in [4.69, 9.17) is 5.41 Å². The van der Waals surface area contributed by atoms with Crippen molar-refractivity contribution in [3.05, 3.63) is 23.3 Å². The van der Waals surface area contributed by atoms with Crippen LogP contribution in [0, 0.1) is 12.3 Å².